The van der Waals surface area contributed by atoms with Gasteiger partial charge < -0.3 is 14.8 Å². The van der Waals surface area contributed by atoms with Gasteiger partial charge in [0.25, 0.3) is 5.91 Å². The Balaban J connectivity index is 1.93. The highest BCUT2D eigenvalue weighted by Crippen LogP contribution is 2.38. The fourth-order valence-corrected chi connectivity index (χ4v) is 2.08. The van der Waals surface area contributed by atoms with Crippen molar-refractivity contribution in [2.75, 3.05) is 19.0 Å². The first-order valence-corrected chi connectivity index (χ1v) is 7.07. The molecule has 2 rings (SSSR count). The van der Waals surface area contributed by atoms with Crippen LogP contribution < -0.4 is 5.32 Å². The first-order chi connectivity index (χ1) is 10.4. The molecule has 0 unspecified atom stereocenters. The van der Waals surface area contributed by atoms with Crippen molar-refractivity contribution in [1.82, 2.24) is 0 Å². The molecule has 1 aliphatic rings. The lowest BCUT2D eigenvalue weighted by Crippen LogP contribution is -2.22. The van der Waals surface area contributed by atoms with Gasteiger partial charge in [0, 0.05) is 5.69 Å². The minimum absolute atomic E-state index is 0.0720. The van der Waals surface area contributed by atoms with E-state index in [1.165, 1.54) is 13.2 Å². The molecule has 1 fully saturated rings. The highest BCUT2D eigenvalue weighted by Gasteiger charge is 2.40. The van der Waals surface area contributed by atoms with Gasteiger partial charge in [0.1, 0.15) is 0 Å². The van der Waals surface area contributed by atoms with Gasteiger partial charge in [-0.1, -0.05) is 13.0 Å². The molecular formula is C16H19NO5. The number of ether oxygens (including phenoxy) is 2. The van der Waals surface area contributed by atoms with Crippen LogP contribution in [0.1, 0.15) is 29.3 Å². The average Bonchev–Trinajstić information content (AvgIpc) is 3.23. The molecule has 0 radical (unpaired) electrons. The molecule has 0 aromatic heterocycles. The lowest BCUT2D eigenvalue weighted by molar-refractivity contribution is -0.148. The molecule has 6 nitrogen and oxygen atoms in total. The number of aryl methyl sites for hydroxylation is 1. The van der Waals surface area contributed by atoms with Gasteiger partial charge in [-0.2, -0.15) is 0 Å². The molecule has 118 valence electrons. The number of methoxy groups -OCH3 is 1. The zero-order valence-electron chi connectivity index (χ0n) is 12.8. The molecule has 1 amide bonds. The third-order valence-corrected chi connectivity index (χ3v) is 3.69. The minimum Gasteiger partial charge on any atom is -0.465 e. The molecular weight excluding hydrogens is 286 g/mol. The predicted molar refractivity (Wildman–Crippen MR) is 79.4 cm³/mol. The van der Waals surface area contributed by atoms with Gasteiger partial charge in [-0.15, -0.1) is 0 Å². The van der Waals surface area contributed by atoms with Crippen LogP contribution in [0.2, 0.25) is 0 Å². The van der Waals surface area contributed by atoms with Gasteiger partial charge in [0.05, 0.1) is 18.6 Å². The van der Waals surface area contributed by atoms with Crippen LogP contribution in [0.15, 0.2) is 18.2 Å². The van der Waals surface area contributed by atoms with Gasteiger partial charge in [-0.05, 0) is 37.0 Å². The van der Waals surface area contributed by atoms with E-state index in [1.54, 1.807) is 19.1 Å². The molecule has 0 heterocycles. The molecule has 0 aliphatic heterocycles. The van der Waals surface area contributed by atoms with E-state index in [-0.39, 0.29) is 18.5 Å². The van der Waals surface area contributed by atoms with Crippen LogP contribution in [0, 0.1) is 18.8 Å². The zero-order chi connectivity index (χ0) is 16.3. The molecule has 0 saturated heterocycles. The summed E-state index contributed by atoms with van der Waals surface area (Å²) < 4.78 is 9.60. The Morgan fingerprint density at radius 3 is 2.59 bits per heavy atom. The number of rotatable bonds is 5. The Kier molecular flexibility index (Phi) is 4.80. The summed E-state index contributed by atoms with van der Waals surface area (Å²) in [6.45, 7) is 3.44. The maximum Gasteiger partial charge on any atom is 0.337 e. The first kappa shape index (κ1) is 16.0. The minimum atomic E-state index is -0.482. The number of nitrogens with one attached hydrogen (secondary N) is 1. The normalized spacial score (nSPS) is 19.2. The van der Waals surface area contributed by atoms with E-state index in [2.05, 4.69) is 10.1 Å². The smallest absolute Gasteiger partial charge is 0.337 e. The quantitative estimate of drug-likeness (QED) is 0.840. The van der Waals surface area contributed by atoms with Crippen molar-refractivity contribution >= 4 is 23.5 Å². The largest absolute Gasteiger partial charge is 0.465 e. The number of benzene rings is 1. The molecule has 6 heteroatoms. The van der Waals surface area contributed by atoms with E-state index < -0.39 is 11.9 Å². The number of hydrogen-bond acceptors (Lipinski definition) is 5. The third-order valence-electron chi connectivity index (χ3n) is 3.69. The predicted octanol–water partition coefficient (Wildman–Crippen LogP) is 1.92. The summed E-state index contributed by atoms with van der Waals surface area (Å²) in [7, 11) is 1.29. The molecule has 0 spiro atoms. The highest BCUT2D eigenvalue weighted by atomic mass is 16.5. The number of amides is 1. The van der Waals surface area contributed by atoms with Crippen LogP contribution in [0.5, 0.6) is 0 Å². The number of carbonyl (C=O) groups excluding carboxylic acids is 3. The Hall–Kier alpha value is -2.37. The second-order valence-corrected chi connectivity index (χ2v) is 5.50. The molecule has 1 aromatic rings. The van der Waals surface area contributed by atoms with Crippen molar-refractivity contribution in [2.45, 2.75) is 20.3 Å². The molecule has 1 aromatic carbocycles. The van der Waals surface area contributed by atoms with Crippen LogP contribution in [0.4, 0.5) is 5.69 Å². The number of anilines is 1. The standard InChI is InChI=1S/C16H19NO5/c1-9-4-5-11(15(19)21-3)7-13(9)17-14(18)8-22-16(20)12-6-10(12)2/h4-5,7,10,12H,6,8H2,1-3H3,(H,17,18)/t10-,12-/m1/s1. The molecule has 1 N–H and O–H groups in total. The summed E-state index contributed by atoms with van der Waals surface area (Å²) in [5.41, 5.74) is 1.62. The Labute approximate surface area is 128 Å². The highest BCUT2D eigenvalue weighted by molar-refractivity contribution is 5.96. The van der Waals surface area contributed by atoms with E-state index in [0.29, 0.717) is 17.2 Å². The van der Waals surface area contributed by atoms with E-state index in [9.17, 15) is 14.4 Å². The van der Waals surface area contributed by atoms with Gasteiger partial charge >= 0.3 is 11.9 Å². The van der Waals surface area contributed by atoms with Crippen molar-refractivity contribution in [1.29, 1.82) is 0 Å². The fourth-order valence-electron chi connectivity index (χ4n) is 2.08. The van der Waals surface area contributed by atoms with Crippen LogP contribution in [0.3, 0.4) is 0 Å². The fraction of sp³-hybridized carbons (Fsp3) is 0.438. The van der Waals surface area contributed by atoms with Crippen LogP contribution in [0.25, 0.3) is 0 Å². The Morgan fingerprint density at radius 1 is 1.32 bits per heavy atom. The van der Waals surface area contributed by atoms with E-state index in [0.717, 1.165) is 12.0 Å². The SMILES string of the molecule is COC(=O)c1ccc(C)c(NC(=O)COC(=O)[C@@H]2C[C@H]2C)c1. The first-order valence-electron chi connectivity index (χ1n) is 7.07. The topological polar surface area (TPSA) is 81.7 Å². The summed E-state index contributed by atoms with van der Waals surface area (Å²) in [5, 5.41) is 2.63. The van der Waals surface area contributed by atoms with Gasteiger partial charge in [-0.25, -0.2) is 4.79 Å². The van der Waals surface area contributed by atoms with Gasteiger partial charge in [-0.3, -0.25) is 9.59 Å². The van der Waals surface area contributed by atoms with Gasteiger partial charge in [0.2, 0.25) is 0 Å². The molecule has 2 atom stereocenters. The Morgan fingerprint density at radius 2 is 2.00 bits per heavy atom. The Bertz CT molecular complexity index is 611. The lowest BCUT2D eigenvalue weighted by atomic mass is 10.1. The summed E-state index contributed by atoms with van der Waals surface area (Å²) in [5.74, 6) is -0.981. The summed E-state index contributed by atoms with van der Waals surface area (Å²) in [4.78, 5) is 34.9. The van der Waals surface area contributed by atoms with Crippen molar-refractivity contribution in [3.8, 4) is 0 Å². The van der Waals surface area contributed by atoms with Crippen LogP contribution in [-0.4, -0.2) is 31.6 Å². The van der Waals surface area contributed by atoms with Crippen molar-refractivity contribution in [3.63, 3.8) is 0 Å². The molecule has 22 heavy (non-hydrogen) atoms. The second kappa shape index (κ2) is 6.60. The van der Waals surface area contributed by atoms with E-state index in [4.69, 9.17) is 4.74 Å². The average molecular weight is 305 g/mol. The second-order valence-electron chi connectivity index (χ2n) is 5.50. The van der Waals surface area contributed by atoms with E-state index >= 15 is 0 Å². The number of hydrogen-bond donors (Lipinski definition) is 1. The van der Waals surface area contributed by atoms with Crippen molar-refractivity contribution in [3.05, 3.63) is 29.3 Å². The van der Waals surface area contributed by atoms with Crippen molar-refractivity contribution < 1.29 is 23.9 Å². The maximum atomic E-state index is 11.8. The van der Waals surface area contributed by atoms with E-state index in [1.807, 2.05) is 6.92 Å². The monoisotopic (exact) mass is 305 g/mol. The molecule has 0 bridgehead atoms. The maximum absolute atomic E-state index is 11.8. The van der Waals surface area contributed by atoms with Gasteiger partial charge in [0.15, 0.2) is 6.61 Å². The third kappa shape index (κ3) is 3.84. The summed E-state index contributed by atoms with van der Waals surface area (Å²) >= 11 is 0. The summed E-state index contributed by atoms with van der Waals surface area (Å²) in [6, 6.07) is 4.86. The lowest BCUT2D eigenvalue weighted by Gasteiger charge is -2.10. The van der Waals surface area contributed by atoms with Crippen molar-refractivity contribution in [2.24, 2.45) is 11.8 Å². The van der Waals surface area contributed by atoms with Crippen LogP contribution in [-0.2, 0) is 19.1 Å². The summed E-state index contributed by atoms with van der Waals surface area (Å²) in [6.07, 6.45) is 0.820. The molecule has 1 aliphatic carbocycles. The number of esters is 2. The zero-order valence-corrected chi connectivity index (χ0v) is 12.8. The van der Waals surface area contributed by atoms with Crippen LogP contribution >= 0.6 is 0 Å². The molecule has 1 saturated carbocycles. The number of carbonyl (C=O) groups is 3.